The largest absolute Gasteiger partial charge is 0.384 e. The number of nitro groups is 1. The zero-order valence-electron chi connectivity index (χ0n) is 10.7. The molecule has 1 aromatic carbocycles. The lowest BCUT2D eigenvalue weighted by atomic mass is 9.96. The maximum Gasteiger partial charge on any atom is 0.270 e. The molecule has 1 fully saturated rings. The molecule has 1 aliphatic rings. The monoisotopic (exact) mass is 375 g/mol. The van der Waals surface area contributed by atoms with Crippen molar-refractivity contribution in [1.82, 2.24) is 5.32 Å². The topological polar surface area (TPSA) is 67.2 Å². The van der Waals surface area contributed by atoms with Crippen molar-refractivity contribution in [2.75, 3.05) is 25.0 Å². The van der Waals surface area contributed by atoms with Crippen LogP contribution in [-0.2, 0) is 0 Å². The number of halogens is 1. The van der Waals surface area contributed by atoms with E-state index >= 15 is 0 Å². The minimum atomic E-state index is -0.361. The number of non-ortho nitro benzene ring substituents is 1. The van der Waals surface area contributed by atoms with Crippen LogP contribution in [0.3, 0.4) is 0 Å². The summed E-state index contributed by atoms with van der Waals surface area (Å²) in [5.74, 6) is 0.747. The lowest BCUT2D eigenvalue weighted by Gasteiger charge is -2.22. The molecule has 1 aliphatic heterocycles. The van der Waals surface area contributed by atoms with Gasteiger partial charge in [-0.05, 0) is 66.9 Å². The van der Waals surface area contributed by atoms with Gasteiger partial charge < -0.3 is 10.6 Å². The van der Waals surface area contributed by atoms with Crippen LogP contribution in [0, 0.1) is 19.6 Å². The summed E-state index contributed by atoms with van der Waals surface area (Å²) in [7, 11) is 0. The van der Waals surface area contributed by atoms with Crippen molar-refractivity contribution in [3.8, 4) is 0 Å². The summed E-state index contributed by atoms with van der Waals surface area (Å²) in [5, 5.41) is 17.4. The third kappa shape index (κ3) is 4.31. The van der Waals surface area contributed by atoms with Crippen molar-refractivity contribution in [2.45, 2.75) is 19.3 Å². The van der Waals surface area contributed by atoms with Crippen LogP contribution in [-0.4, -0.2) is 24.6 Å². The van der Waals surface area contributed by atoms with Gasteiger partial charge in [0.2, 0.25) is 0 Å². The van der Waals surface area contributed by atoms with Crippen LogP contribution in [0.1, 0.15) is 19.3 Å². The molecule has 6 heteroatoms. The molecule has 0 saturated carbocycles. The van der Waals surface area contributed by atoms with E-state index in [1.54, 1.807) is 18.2 Å². The summed E-state index contributed by atoms with van der Waals surface area (Å²) in [6, 6.07) is 4.94. The van der Waals surface area contributed by atoms with Crippen molar-refractivity contribution in [3.63, 3.8) is 0 Å². The predicted octanol–water partition coefficient (Wildman–Crippen LogP) is 3.00. The zero-order chi connectivity index (χ0) is 13.7. The number of hydrogen-bond acceptors (Lipinski definition) is 4. The Labute approximate surface area is 126 Å². The molecule has 0 amide bonds. The Hall–Kier alpha value is -0.890. The maximum absolute atomic E-state index is 10.7. The van der Waals surface area contributed by atoms with E-state index in [9.17, 15) is 10.1 Å². The highest BCUT2D eigenvalue weighted by molar-refractivity contribution is 14.1. The minimum absolute atomic E-state index is 0.145. The first-order chi connectivity index (χ1) is 9.16. The van der Waals surface area contributed by atoms with Gasteiger partial charge in [0.1, 0.15) is 0 Å². The van der Waals surface area contributed by atoms with Crippen LogP contribution in [0.4, 0.5) is 11.4 Å². The Morgan fingerprint density at radius 2 is 2.37 bits per heavy atom. The van der Waals surface area contributed by atoms with Gasteiger partial charge in [-0.25, -0.2) is 0 Å². The summed E-state index contributed by atoms with van der Waals surface area (Å²) in [5.41, 5.74) is 1.13. The van der Waals surface area contributed by atoms with Crippen molar-refractivity contribution in [3.05, 3.63) is 31.9 Å². The van der Waals surface area contributed by atoms with Crippen molar-refractivity contribution < 1.29 is 4.92 Å². The van der Waals surface area contributed by atoms with Crippen LogP contribution >= 0.6 is 22.6 Å². The summed E-state index contributed by atoms with van der Waals surface area (Å²) < 4.78 is 0.897. The SMILES string of the molecule is O=[N+]([O-])c1ccc(NCCC2CCCNC2)c(I)c1. The first-order valence-corrected chi connectivity index (χ1v) is 7.63. The quantitative estimate of drug-likeness (QED) is 0.472. The predicted molar refractivity (Wildman–Crippen MR) is 84.5 cm³/mol. The normalized spacial score (nSPS) is 19.1. The van der Waals surface area contributed by atoms with Gasteiger partial charge in [-0.15, -0.1) is 0 Å². The number of benzene rings is 1. The third-order valence-electron chi connectivity index (χ3n) is 3.43. The number of nitrogens with one attached hydrogen (secondary N) is 2. The van der Waals surface area contributed by atoms with E-state index in [-0.39, 0.29) is 10.6 Å². The van der Waals surface area contributed by atoms with E-state index < -0.39 is 0 Å². The molecule has 0 bridgehead atoms. The molecule has 0 aromatic heterocycles. The molecule has 0 aliphatic carbocycles. The molecule has 2 N–H and O–H groups in total. The Balaban J connectivity index is 1.83. The average Bonchev–Trinajstić information content (AvgIpc) is 2.41. The summed E-state index contributed by atoms with van der Waals surface area (Å²) in [6.07, 6.45) is 3.70. The van der Waals surface area contributed by atoms with Gasteiger partial charge in [-0.3, -0.25) is 10.1 Å². The van der Waals surface area contributed by atoms with E-state index in [0.29, 0.717) is 0 Å². The molecule has 1 heterocycles. The van der Waals surface area contributed by atoms with Gasteiger partial charge in [-0.1, -0.05) is 0 Å². The summed E-state index contributed by atoms with van der Waals surface area (Å²) in [6.45, 7) is 3.17. The smallest absolute Gasteiger partial charge is 0.270 e. The summed E-state index contributed by atoms with van der Waals surface area (Å²) in [4.78, 5) is 10.3. The second-order valence-electron chi connectivity index (χ2n) is 4.85. The molecule has 2 rings (SSSR count). The lowest BCUT2D eigenvalue weighted by molar-refractivity contribution is -0.384. The highest BCUT2D eigenvalue weighted by atomic mass is 127. The highest BCUT2D eigenvalue weighted by Crippen LogP contribution is 2.24. The first-order valence-electron chi connectivity index (χ1n) is 6.55. The van der Waals surface area contributed by atoms with Gasteiger partial charge in [0.25, 0.3) is 5.69 Å². The first kappa shape index (κ1) is 14.5. The molecule has 1 saturated heterocycles. The number of hydrogen-bond donors (Lipinski definition) is 2. The van der Waals surface area contributed by atoms with E-state index in [4.69, 9.17) is 0 Å². The van der Waals surface area contributed by atoms with Crippen LogP contribution in [0.25, 0.3) is 0 Å². The van der Waals surface area contributed by atoms with E-state index in [2.05, 4.69) is 33.2 Å². The minimum Gasteiger partial charge on any atom is -0.384 e. The molecule has 1 aromatic rings. The molecule has 104 valence electrons. The second-order valence-corrected chi connectivity index (χ2v) is 6.01. The van der Waals surface area contributed by atoms with Gasteiger partial charge in [0.05, 0.1) is 4.92 Å². The average molecular weight is 375 g/mol. The second kappa shape index (κ2) is 7.04. The number of rotatable bonds is 5. The van der Waals surface area contributed by atoms with Crippen LogP contribution in [0.15, 0.2) is 18.2 Å². The fraction of sp³-hybridized carbons (Fsp3) is 0.538. The van der Waals surface area contributed by atoms with E-state index in [0.717, 1.165) is 41.2 Å². The third-order valence-corrected chi connectivity index (χ3v) is 4.32. The van der Waals surface area contributed by atoms with Gasteiger partial charge in [0.15, 0.2) is 0 Å². The van der Waals surface area contributed by atoms with Crippen molar-refractivity contribution >= 4 is 34.0 Å². The molecule has 1 unspecified atom stereocenters. The molecule has 5 nitrogen and oxygen atoms in total. The van der Waals surface area contributed by atoms with Crippen LogP contribution < -0.4 is 10.6 Å². The van der Waals surface area contributed by atoms with Crippen molar-refractivity contribution in [2.24, 2.45) is 5.92 Å². The van der Waals surface area contributed by atoms with Crippen LogP contribution in [0.2, 0.25) is 0 Å². The highest BCUT2D eigenvalue weighted by Gasteiger charge is 2.13. The Bertz CT molecular complexity index is 448. The van der Waals surface area contributed by atoms with Gasteiger partial charge in [-0.2, -0.15) is 0 Å². The van der Waals surface area contributed by atoms with Crippen LogP contribution in [0.5, 0.6) is 0 Å². The van der Waals surface area contributed by atoms with Gasteiger partial charge in [0, 0.05) is 27.9 Å². The molecule has 19 heavy (non-hydrogen) atoms. The number of piperidine rings is 1. The number of anilines is 1. The summed E-state index contributed by atoms with van der Waals surface area (Å²) >= 11 is 2.13. The molecule has 0 spiro atoms. The fourth-order valence-corrected chi connectivity index (χ4v) is 3.03. The van der Waals surface area contributed by atoms with E-state index in [1.165, 1.54) is 12.8 Å². The Morgan fingerprint density at radius 3 is 3.00 bits per heavy atom. The number of nitrogens with zero attached hydrogens (tertiary/aromatic N) is 1. The van der Waals surface area contributed by atoms with Crippen molar-refractivity contribution in [1.29, 1.82) is 0 Å². The molecular weight excluding hydrogens is 357 g/mol. The Morgan fingerprint density at radius 1 is 1.53 bits per heavy atom. The number of nitro benzene ring substituents is 1. The van der Waals surface area contributed by atoms with Gasteiger partial charge >= 0.3 is 0 Å². The van der Waals surface area contributed by atoms with E-state index in [1.807, 2.05) is 0 Å². The standard InChI is InChI=1S/C13H18IN3O2/c14-12-8-11(17(18)19)3-4-13(12)16-7-5-10-2-1-6-15-9-10/h3-4,8,10,15-16H,1-2,5-7,9H2. The maximum atomic E-state index is 10.7. The fourth-order valence-electron chi connectivity index (χ4n) is 2.34. The molecular formula is C13H18IN3O2. The lowest BCUT2D eigenvalue weighted by Crippen LogP contribution is -2.30. The zero-order valence-corrected chi connectivity index (χ0v) is 12.9. The Kier molecular flexibility index (Phi) is 5.38. The molecule has 1 atom stereocenters. The molecule has 0 radical (unpaired) electrons.